The van der Waals surface area contributed by atoms with Gasteiger partial charge in [0.05, 0.1) is 35.7 Å². The molecule has 0 spiro atoms. The highest BCUT2D eigenvalue weighted by Gasteiger charge is 2.16. The Labute approximate surface area is 180 Å². The number of para-hydroxylation sites is 2. The number of anilines is 2. The maximum absolute atomic E-state index is 12.2. The summed E-state index contributed by atoms with van der Waals surface area (Å²) in [4.78, 5) is 48.5. The number of nitrogens with one attached hydrogen (secondary N) is 2. The van der Waals surface area contributed by atoms with Gasteiger partial charge in [0.1, 0.15) is 0 Å². The molecule has 0 saturated heterocycles. The molecule has 0 aliphatic rings. The molecule has 0 heterocycles. The van der Waals surface area contributed by atoms with Crippen LogP contribution in [-0.4, -0.2) is 37.0 Å². The van der Waals surface area contributed by atoms with Crippen LogP contribution in [0.3, 0.4) is 0 Å². The van der Waals surface area contributed by atoms with E-state index < -0.39 is 11.9 Å². The Kier molecular flexibility index (Phi) is 9.22. The van der Waals surface area contributed by atoms with E-state index >= 15 is 0 Å². The molecule has 0 unspecified atom stereocenters. The van der Waals surface area contributed by atoms with E-state index in [1.54, 1.807) is 62.4 Å². The minimum Gasteiger partial charge on any atom is -0.462 e. The lowest BCUT2D eigenvalue weighted by atomic mass is 10.1. The molecule has 31 heavy (non-hydrogen) atoms. The van der Waals surface area contributed by atoms with Gasteiger partial charge in [-0.15, -0.1) is 0 Å². The molecule has 0 bridgehead atoms. The minimum absolute atomic E-state index is 0.0874. The maximum atomic E-state index is 12.2. The van der Waals surface area contributed by atoms with Crippen LogP contribution in [0.2, 0.25) is 0 Å². The second kappa shape index (κ2) is 12.1. The lowest BCUT2D eigenvalue weighted by molar-refractivity contribution is -0.117. The van der Waals surface area contributed by atoms with Crippen molar-refractivity contribution in [3.63, 3.8) is 0 Å². The molecule has 2 aromatic carbocycles. The van der Waals surface area contributed by atoms with Gasteiger partial charge < -0.3 is 20.1 Å². The molecule has 0 fully saturated rings. The number of amides is 2. The molecule has 0 saturated carbocycles. The van der Waals surface area contributed by atoms with Gasteiger partial charge in [-0.05, 0) is 44.5 Å². The van der Waals surface area contributed by atoms with Gasteiger partial charge >= 0.3 is 11.9 Å². The second-order valence-corrected chi connectivity index (χ2v) is 6.48. The molecule has 2 amide bonds. The van der Waals surface area contributed by atoms with Gasteiger partial charge in [-0.1, -0.05) is 24.3 Å². The fourth-order valence-electron chi connectivity index (χ4n) is 2.79. The predicted molar refractivity (Wildman–Crippen MR) is 116 cm³/mol. The summed E-state index contributed by atoms with van der Waals surface area (Å²) in [6.07, 6.45) is 0.467. The molecule has 0 atom stereocenters. The zero-order valence-electron chi connectivity index (χ0n) is 17.6. The molecule has 0 aromatic heterocycles. The quantitative estimate of drug-likeness (QED) is 0.559. The zero-order valence-corrected chi connectivity index (χ0v) is 17.6. The van der Waals surface area contributed by atoms with Crippen molar-refractivity contribution in [2.24, 2.45) is 0 Å². The fraction of sp³-hybridized carbons (Fsp3) is 0.304. The van der Waals surface area contributed by atoms with Crippen LogP contribution in [0, 0.1) is 0 Å². The van der Waals surface area contributed by atoms with E-state index in [4.69, 9.17) is 9.47 Å². The van der Waals surface area contributed by atoms with Gasteiger partial charge in [0.15, 0.2) is 0 Å². The first-order valence-electron chi connectivity index (χ1n) is 10.1. The second-order valence-electron chi connectivity index (χ2n) is 6.48. The van der Waals surface area contributed by atoms with Crippen LogP contribution in [0.5, 0.6) is 0 Å². The molecule has 0 radical (unpaired) electrons. The first kappa shape index (κ1) is 23.6. The zero-order chi connectivity index (χ0) is 22.6. The predicted octanol–water partition coefficient (Wildman–Crippen LogP) is 3.79. The van der Waals surface area contributed by atoms with Gasteiger partial charge in [0, 0.05) is 12.8 Å². The van der Waals surface area contributed by atoms with E-state index in [1.807, 2.05) is 0 Å². The van der Waals surface area contributed by atoms with Crippen molar-refractivity contribution in [3.05, 3.63) is 59.7 Å². The van der Waals surface area contributed by atoms with Crippen molar-refractivity contribution < 1.29 is 28.7 Å². The van der Waals surface area contributed by atoms with E-state index in [9.17, 15) is 19.2 Å². The van der Waals surface area contributed by atoms with Crippen molar-refractivity contribution >= 4 is 35.1 Å². The smallest absolute Gasteiger partial charge is 0.340 e. The summed E-state index contributed by atoms with van der Waals surface area (Å²) >= 11 is 0. The van der Waals surface area contributed by atoms with Gasteiger partial charge in [-0.25, -0.2) is 9.59 Å². The highest BCUT2D eigenvalue weighted by Crippen LogP contribution is 2.18. The van der Waals surface area contributed by atoms with Crippen molar-refractivity contribution in [1.29, 1.82) is 0 Å². The molecule has 8 nitrogen and oxygen atoms in total. The normalized spacial score (nSPS) is 10.1. The molecule has 2 aromatic rings. The Hall–Kier alpha value is -3.68. The lowest BCUT2D eigenvalue weighted by Gasteiger charge is -2.11. The summed E-state index contributed by atoms with van der Waals surface area (Å²) < 4.78 is 9.97. The number of benzene rings is 2. The summed E-state index contributed by atoms with van der Waals surface area (Å²) in [5.41, 5.74) is 1.26. The van der Waals surface area contributed by atoms with Gasteiger partial charge in [0.2, 0.25) is 11.8 Å². The summed E-state index contributed by atoms with van der Waals surface area (Å²) in [7, 11) is 0. The van der Waals surface area contributed by atoms with Crippen LogP contribution in [0.15, 0.2) is 48.5 Å². The molecule has 0 aliphatic carbocycles. The van der Waals surface area contributed by atoms with Crippen LogP contribution >= 0.6 is 0 Å². The number of hydrogen-bond donors (Lipinski definition) is 2. The number of rotatable bonds is 10. The number of hydrogen-bond acceptors (Lipinski definition) is 6. The van der Waals surface area contributed by atoms with Crippen molar-refractivity contribution in [2.45, 2.75) is 33.1 Å². The van der Waals surface area contributed by atoms with Gasteiger partial charge in [0.25, 0.3) is 0 Å². The lowest BCUT2D eigenvalue weighted by Crippen LogP contribution is -2.18. The maximum Gasteiger partial charge on any atom is 0.340 e. The monoisotopic (exact) mass is 426 g/mol. The topological polar surface area (TPSA) is 111 Å². The molecule has 2 N–H and O–H groups in total. The average molecular weight is 426 g/mol. The molecule has 164 valence electrons. The SMILES string of the molecule is CCOC(=O)c1ccccc1NC(=O)CCCC(=O)Nc1ccccc1C(=O)OCC. The number of carbonyl (C=O) groups excluding carboxylic acids is 4. The Balaban J connectivity index is 1.87. The Morgan fingerprint density at radius 1 is 0.677 bits per heavy atom. The number of carbonyl (C=O) groups is 4. The largest absolute Gasteiger partial charge is 0.462 e. The fourth-order valence-corrected chi connectivity index (χ4v) is 2.79. The van der Waals surface area contributed by atoms with E-state index in [1.165, 1.54) is 0 Å². The third kappa shape index (κ3) is 7.26. The Bertz CT molecular complexity index is 866. The average Bonchev–Trinajstić information content (AvgIpc) is 2.74. The first-order chi connectivity index (χ1) is 15.0. The van der Waals surface area contributed by atoms with Crippen molar-refractivity contribution in [2.75, 3.05) is 23.8 Å². The van der Waals surface area contributed by atoms with Gasteiger partial charge in [-0.3, -0.25) is 9.59 Å². The molecule has 0 aliphatic heterocycles. The molecule has 2 rings (SSSR count). The first-order valence-corrected chi connectivity index (χ1v) is 10.1. The van der Waals surface area contributed by atoms with Crippen LogP contribution in [-0.2, 0) is 19.1 Å². The Morgan fingerprint density at radius 3 is 1.45 bits per heavy atom. The number of ether oxygens (including phenoxy) is 2. The summed E-state index contributed by atoms with van der Waals surface area (Å²) in [5.74, 6) is -1.68. The highest BCUT2D eigenvalue weighted by atomic mass is 16.5. The van der Waals surface area contributed by atoms with Gasteiger partial charge in [-0.2, -0.15) is 0 Å². The van der Waals surface area contributed by atoms with Crippen LogP contribution < -0.4 is 10.6 Å². The van der Waals surface area contributed by atoms with E-state index in [2.05, 4.69) is 10.6 Å². The minimum atomic E-state index is -0.516. The van der Waals surface area contributed by atoms with E-state index in [0.717, 1.165) is 0 Å². The van der Waals surface area contributed by atoms with Crippen molar-refractivity contribution in [1.82, 2.24) is 0 Å². The van der Waals surface area contributed by atoms with Crippen LogP contribution in [0.1, 0.15) is 53.8 Å². The van der Waals surface area contributed by atoms with Crippen LogP contribution in [0.25, 0.3) is 0 Å². The molecular weight excluding hydrogens is 400 g/mol. The van der Waals surface area contributed by atoms with Crippen molar-refractivity contribution in [3.8, 4) is 0 Å². The third-order valence-corrected chi connectivity index (χ3v) is 4.20. The highest BCUT2D eigenvalue weighted by molar-refractivity contribution is 6.02. The summed E-state index contributed by atoms with van der Waals surface area (Å²) in [6.45, 7) is 3.87. The molecular formula is C23H26N2O6. The van der Waals surface area contributed by atoms with E-state index in [-0.39, 0.29) is 49.0 Å². The van der Waals surface area contributed by atoms with E-state index in [0.29, 0.717) is 17.8 Å². The third-order valence-electron chi connectivity index (χ3n) is 4.20. The standard InChI is InChI=1S/C23H26N2O6/c1-3-30-22(28)16-10-5-7-12-18(16)24-20(26)14-9-15-21(27)25-19-13-8-6-11-17(19)23(29)31-4-2/h5-8,10-13H,3-4,9,14-15H2,1-2H3,(H,24,26)(H,25,27). The Morgan fingerprint density at radius 2 is 1.06 bits per heavy atom. The summed E-state index contributed by atoms with van der Waals surface area (Å²) in [6, 6.07) is 13.1. The molecule has 8 heteroatoms. The number of esters is 2. The summed E-state index contributed by atoms with van der Waals surface area (Å²) in [5, 5.41) is 5.36. The van der Waals surface area contributed by atoms with Crippen LogP contribution in [0.4, 0.5) is 11.4 Å².